The third-order valence-corrected chi connectivity index (χ3v) is 13.3. The molecule has 2 N–H and O–H groups in total. The first-order chi connectivity index (χ1) is 24.0. The maximum absolute atomic E-state index is 14.8. The second-order valence-corrected chi connectivity index (χ2v) is 18.4. The van der Waals surface area contributed by atoms with Crippen LogP contribution in [0.4, 0.5) is 11.4 Å². The van der Waals surface area contributed by atoms with Crippen LogP contribution in [0.3, 0.4) is 0 Å². The summed E-state index contributed by atoms with van der Waals surface area (Å²) < 4.78 is 13.6. The number of piperidine rings is 1. The lowest BCUT2D eigenvalue weighted by Gasteiger charge is -2.33. The standard InChI is InChI=1S/C37H49N5O7Si/c1-25-35(50(3,4)47)32(18-21-40-23-30(38-39-40)28(24-43)26-12-6-5-7-13-26)49-37(25)29-22-27(41-19-10-8-14-33(41)44)16-17-31(29)42(36(37)46)20-11-9-15-34(45)48-2/h5-7,12-13,16-17,22-23,25,28,32,35,43,47H,8-11,14-15,18-21,24H2,1-4H3/t25-,28?,32+,35-,37+/m1/s1. The van der Waals surface area contributed by atoms with Gasteiger partial charge in [-0.05, 0) is 69.0 Å². The Kier molecular flexibility index (Phi) is 10.6. The lowest BCUT2D eigenvalue weighted by atomic mass is 9.82. The van der Waals surface area contributed by atoms with Crippen molar-refractivity contribution >= 4 is 37.5 Å². The highest BCUT2D eigenvalue weighted by Crippen LogP contribution is 2.60. The first-order valence-corrected chi connectivity index (χ1v) is 20.8. The van der Waals surface area contributed by atoms with Gasteiger partial charge in [-0.25, -0.2) is 0 Å². The summed E-state index contributed by atoms with van der Waals surface area (Å²) >= 11 is 0. The van der Waals surface area contributed by atoms with Crippen molar-refractivity contribution in [2.75, 3.05) is 36.6 Å². The van der Waals surface area contributed by atoms with Crippen molar-refractivity contribution in [2.45, 2.75) is 94.7 Å². The highest BCUT2D eigenvalue weighted by atomic mass is 28.4. The van der Waals surface area contributed by atoms with Crippen LogP contribution in [-0.4, -0.2) is 83.9 Å². The second-order valence-electron chi connectivity index (χ2n) is 14.4. The number of ether oxygens (including phenoxy) is 2. The molecule has 1 aromatic heterocycles. The van der Waals surface area contributed by atoms with Crippen molar-refractivity contribution in [1.82, 2.24) is 15.0 Å². The van der Waals surface area contributed by atoms with Crippen LogP contribution in [0.25, 0.3) is 0 Å². The molecule has 3 aliphatic heterocycles. The SMILES string of the molecule is COC(=O)CCCCN1C(=O)[C@@]2(O[C@@H](CCn3cc(C(CO)c4ccccc4)nn3)[C@H]([Si](C)(C)O)[C@H]2C)c2cc(N3CCCCC3=O)ccc21. The summed E-state index contributed by atoms with van der Waals surface area (Å²) in [5, 5.41) is 18.9. The molecule has 0 saturated carbocycles. The summed E-state index contributed by atoms with van der Waals surface area (Å²) in [4.78, 5) is 54.9. The van der Waals surface area contributed by atoms with E-state index in [-0.39, 0.29) is 48.2 Å². The number of carbonyl (C=O) groups is 3. The molecule has 1 unspecified atom stereocenters. The lowest BCUT2D eigenvalue weighted by molar-refractivity contribution is -0.146. The first-order valence-electron chi connectivity index (χ1n) is 17.8. The van der Waals surface area contributed by atoms with Crippen LogP contribution in [0, 0.1) is 5.92 Å². The van der Waals surface area contributed by atoms with Crippen LogP contribution >= 0.6 is 0 Å². The van der Waals surface area contributed by atoms with E-state index in [2.05, 4.69) is 10.3 Å². The smallest absolute Gasteiger partial charge is 0.305 e. The van der Waals surface area contributed by atoms with E-state index in [0.717, 1.165) is 35.3 Å². The summed E-state index contributed by atoms with van der Waals surface area (Å²) in [6.45, 7) is 7.16. The fourth-order valence-corrected chi connectivity index (χ4v) is 10.9. The van der Waals surface area contributed by atoms with E-state index >= 15 is 0 Å². The van der Waals surface area contributed by atoms with Crippen molar-refractivity contribution in [3.8, 4) is 0 Å². The van der Waals surface area contributed by atoms with E-state index in [1.54, 1.807) is 14.5 Å². The number of benzene rings is 2. The average Bonchev–Trinajstić information content (AvgIpc) is 3.76. The highest BCUT2D eigenvalue weighted by Gasteiger charge is 2.66. The maximum atomic E-state index is 14.8. The molecule has 3 aromatic rings. The number of aryl methyl sites for hydroxylation is 1. The van der Waals surface area contributed by atoms with Crippen molar-refractivity contribution in [2.24, 2.45) is 5.92 Å². The number of hydrogen-bond acceptors (Lipinski definition) is 9. The quantitative estimate of drug-likeness (QED) is 0.149. The van der Waals surface area contributed by atoms with Gasteiger partial charge >= 0.3 is 5.97 Å². The first kappa shape index (κ1) is 35.9. The predicted octanol–water partition coefficient (Wildman–Crippen LogP) is 4.50. The average molecular weight is 704 g/mol. The third-order valence-electron chi connectivity index (χ3n) is 10.8. The fourth-order valence-electron chi connectivity index (χ4n) is 8.34. The van der Waals surface area contributed by atoms with Gasteiger partial charge in [-0.15, -0.1) is 5.10 Å². The van der Waals surface area contributed by atoms with E-state index in [0.29, 0.717) is 51.0 Å². The van der Waals surface area contributed by atoms with Gasteiger partial charge in [-0.2, -0.15) is 0 Å². The van der Waals surface area contributed by atoms with E-state index in [4.69, 9.17) is 9.47 Å². The molecule has 12 nitrogen and oxygen atoms in total. The van der Waals surface area contributed by atoms with Gasteiger partial charge in [-0.3, -0.25) is 19.1 Å². The number of aliphatic hydroxyl groups excluding tert-OH is 1. The summed E-state index contributed by atoms with van der Waals surface area (Å²) in [7, 11) is -1.54. The highest BCUT2D eigenvalue weighted by molar-refractivity contribution is 6.71. The number of carbonyl (C=O) groups excluding carboxylic acids is 3. The summed E-state index contributed by atoms with van der Waals surface area (Å²) in [6, 6.07) is 15.5. The van der Waals surface area contributed by atoms with Gasteiger partial charge in [0.25, 0.3) is 5.91 Å². The molecule has 268 valence electrons. The molecule has 2 saturated heterocycles. The number of hydrogen-bond donors (Lipinski definition) is 2. The minimum Gasteiger partial charge on any atom is -0.469 e. The van der Waals surface area contributed by atoms with Gasteiger partial charge in [0.1, 0.15) is 0 Å². The Labute approximate surface area is 294 Å². The molecule has 0 aliphatic carbocycles. The Morgan fingerprint density at radius 2 is 1.90 bits per heavy atom. The zero-order valence-electron chi connectivity index (χ0n) is 29.5. The fraction of sp³-hybridized carbons (Fsp3) is 0.541. The van der Waals surface area contributed by atoms with Crippen LogP contribution in [-0.2, 0) is 36.0 Å². The van der Waals surface area contributed by atoms with E-state index < -0.39 is 20.0 Å². The van der Waals surface area contributed by atoms with Gasteiger partial charge in [0.05, 0.1) is 37.1 Å². The topological polar surface area (TPSA) is 147 Å². The normalized spacial score (nSPS) is 24.2. The van der Waals surface area contributed by atoms with Crippen molar-refractivity contribution < 1.29 is 33.8 Å². The Morgan fingerprint density at radius 1 is 1.12 bits per heavy atom. The molecule has 2 amide bonds. The third kappa shape index (κ3) is 6.75. The molecule has 5 atom stereocenters. The molecule has 0 radical (unpaired) electrons. The molecule has 13 heteroatoms. The van der Waals surface area contributed by atoms with Gasteiger partial charge < -0.3 is 29.2 Å². The Hall–Kier alpha value is -3.91. The molecular weight excluding hydrogens is 655 g/mol. The Bertz CT molecular complexity index is 1690. The summed E-state index contributed by atoms with van der Waals surface area (Å²) in [5.74, 6) is -1.06. The Balaban J connectivity index is 1.31. The molecular formula is C37H49N5O7Si. The molecule has 4 heterocycles. The second kappa shape index (κ2) is 14.7. The number of amides is 2. The molecule has 0 bridgehead atoms. The maximum Gasteiger partial charge on any atom is 0.305 e. The number of aliphatic hydroxyl groups is 1. The number of esters is 1. The van der Waals surface area contributed by atoms with Crippen molar-refractivity contribution in [3.63, 3.8) is 0 Å². The number of rotatable bonds is 13. The van der Waals surface area contributed by atoms with Gasteiger partial charge in [-0.1, -0.05) is 42.5 Å². The predicted molar refractivity (Wildman–Crippen MR) is 190 cm³/mol. The van der Waals surface area contributed by atoms with Crippen LogP contribution in [0.5, 0.6) is 0 Å². The summed E-state index contributed by atoms with van der Waals surface area (Å²) in [5.41, 5.74) is 2.18. The van der Waals surface area contributed by atoms with E-state index in [1.807, 2.05) is 74.7 Å². The molecule has 1 spiro atoms. The van der Waals surface area contributed by atoms with Gasteiger partial charge in [0, 0.05) is 61.4 Å². The summed E-state index contributed by atoms with van der Waals surface area (Å²) in [6.07, 6.45) is 5.56. The molecule has 2 fully saturated rings. The minimum atomic E-state index is -2.91. The van der Waals surface area contributed by atoms with Crippen LogP contribution < -0.4 is 9.80 Å². The molecule has 50 heavy (non-hydrogen) atoms. The lowest BCUT2D eigenvalue weighted by Crippen LogP contribution is -2.46. The molecule has 2 aromatic carbocycles. The minimum absolute atomic E-state index is 0.0668. The monoisotopic (exact) mass is 703 g/mol. The zero-order chi connectivity index (χ0) is 35.6. The van der Waals surface area contributed by atoms with Crippen LogP contribution in [0.2, 0.25) is 18.6 Å². The number of unbranched alkanes of at least 4 members (excludes halogenated alkanes) is 1. The molecule has 3 aliphatic rings. The number of methoxy groups -OCH3 is 1. The number of nitrogens with zero attached hydrogens (tertiary/aromatic N) is 5. The Morgan fingerprint density at radius 3 is 2.60 bits per heavy atom. The van der Waals surface area contributed by atoms with Gasteiger partial charge in [0.2, 0.25) is 5.91 Å². The van der Waals surface area contributed by atoms with E-state index in [1.165, 1.54) is 7.11 Å². The number of anilines is 2. The largest absolute Gasteiger partial charge is 0.469 e. The van der Waals surface area contributed by atoms with E-state index in [9.17, 15) is 24.3 Å². The zero-order valence-corrected chi connectivity index (χ0v) is 30.5. The van der Waals surface area contributed by atoms with Crippen molar-refractivity contribution in [3.05, 3.63) is 71.5 Å². The number of aromatic nitrogens is 3. The van der Waals surface area contributed by atoms with Crippen LogP contribution in [0.1, 0.15) is 74.6 Å². The van der Waals surface area contributed by atoms with Crippen molar-refractivity contribution in [1.29, 1.82) is 0 Å². The number of fused-ring (bicyclic) bond motifs is 2. The van der Waals surface area contributed by atoms with Gasteiger partial charge in [0.15, 0.2) is 13.9 Å². The molecule has 6 rings (SSSR count). The van der Waals surface area contributed by atoms with Crippen LogP contribution in [0.15, 0.2) is 54.7 Å².